The lowest BCUT2D eigenvalue weighted by molar-refractivity contribution is -0.0540. The lowest BCUT2D eigenvalue weighted by Crippen LogP contribution is -2.15. The van der Waals surface area contributed by atoms with E-state index in [1.54, 1.807) is 7.11 Å². The Balaban J connectivity index is 2.89. The SMILES string of the molecule is CCC([SiH3])OCCOCOC. The molecule has 0 amide bonds. The largest absolute Gasteiger partial charge is 0.380 e. The molecule has 0 aliphatic heterocycles. The summed E-state index contributed by atoms with van der Waals surface area (Å²) in [5.74, 6) is 0. The molecule has 0 fully saturated rings. The number of methoxy groups -OCH3 is 1. The minimum atomic E-state index is 0.362. The maximum atomic E-state index is 5.42. The van der Waals surface area contributed by atoms with Crippen molar-refractivity contribution in [3.05, 3.63) is 0 Å². The Morgan fingerprint density at radius 3 is 2.64 bits per heavy atom. The van der Waals surface area contributed by atoms with Gasteiger partial charge in [-0.25, -0.2) is 0 Å². The van der Waals surface area contributed by atoms with Crippen LogP contribution in [0.2, 0.25) is 0 Å². The van der Waals surface area contributed by atoms with Crippen molar-refractivity contribution in [2.24, 2.45) is 0 Å². The van der Waals surface area contributed by atoms with Crippen molar-refractivity contribution in [1.82, 2.24) is 0 Å². The fraction of sp³-hybridized carbons (Fsp3) is 1.00. The van der Waals surface area contributed by atoms with Gasteiger partial charge in [-0.3, -0.25) is 0 Å². The summed E-state index contributed by atoms with van der Waals surface area (Å²) in [6, 6.07) is 0. The van der Waals surface area contributed by atoms with Crippen LogP contribution in [0, 0.1) is 0 Å². The van der Waals surface area contributed by atoms with Gasteiger partial charge in [0.15, 0.2) is 0 Å². The Hall–Kier alpha value is 0.0969. The molecule has 0 rings (SSSR count). The van der Waals surface area contributed by atoms with Gasteiger partial charge in [-0.15, -0.1) is 0 Å². The topological polar surface area (TPSA) is 27.7 Å². The van der Waals surface area contributed by atoms with Gasteiger partial charge in [0.1, 0.15) is 6.79 Å². The highest BCUT2D eigenvalue weighted by Gasteiger charge is 1.96. The van der Waals surface area contributed by atoms with Crippen LogP contribution in [0.3, 0.4) is 0 Å². The van der Waals surface area contributed by atoms with Crippen LogP contribution >= 0.6 is 0 Å². The van der Waals surface area contributed by atoms with E-state index in [0.717, 1.165) is 16.7 Å². The van der Waals surface area contributed by atoms with Crippen LogP contribution in [-0.2, 0) is 14.2 Å². The van der Waals surface area contributed by atoms with Crippen molar-refractivity contribution in [3.63, 3.8) is 0 Å². The lowest BCUT2D eigenvalue weighted by atomic mass is 10.5. The standard InChI is InChI=1S/C7H18O3Si/c1-3-7(11)10-5-4-9-6-8-2/h7H,3-6H2,1-2,11H3. The van der Waals surface area contributed by atoms with Gasteiger partial charge in [-0.05, 0) is 6.42 Å². The summed E-state index contributed by atoms with van der Waals surface area (Å²) >= 11 is 0. The van der Waals surface area contributed by atoms with E-state index in [2.05, 4.69) is 6.92 Å². The highest BCUT2D eigenvalue weighted by atomic mass is 28.1. The van der Waals surface area contributed by atoms with Crippen molar-refractivity contribution in [2.75, 3.05) is 27.1 Å². The molecule has 4 heteroatoms. The average molecular weight is 178 g/mol. The summed E-state index contributed by atoms with van der Waals surface area (Å²) in [6.45, 7) is 3.81. The van der Waals surface area contributed by atoms with Gasteiger partial charge in [0.05, 0.1) is 13.2 Å². The smallest absolute Gasteiger partial charge is 0.146 e. The molecule has 0 saturated heterocycles. The third-order valence-electron chi connectivity index (χ3n) is 1.41. The quantitative estimate of drug-likeness (QED) is 0.305. The Labute approximate surface area is 71.4 Å². The Bertz CT molecular complexity index is 80.1. The summed E-state index contributed by atoms with van der Waals surface area (Å²) in [7, 11) is 2.71. The van der Waals surface area contributed by atoms with Crippen LogP contribution in [0.5, 0.6) is 0 Å². The van der Waals surface area contributed by atoms with Crippen molar-refractivity contribution < 1.29 is 14.2 Å². The highest BCUT2D eigenvalue weighted by molar-refractivity contribution is 6.10. The van der Waals surface area contributed by atoms with E-state index in [0.29, 0.717) is 25.7 Å². The molecule has 3 nitrogen and oxygen atoms in total. The van der Waals surface area contributed by atoms with E-state index in [1.807, 2.05) is 0 Å². The molecule has 0 aliphatic carbocycles. The predicted molar refractivity (Wildman–Crippen MR) is 47.8 cm³/mol. The molecule has 1 unspecified atom stereocenters. The molecule has 1 atom stereocenters. The molecule has 0 heterocycles. The average Bonchev–Trinajstić information content (AvgIpc) is 2.04. The Morgan fingerprint density at radius 2 is 2.09 bits per heavy atom. The molecule has 0 aromatic carbocycles. The summed E-state index contributed by atoms with van der Waals surface area (Å²) in [5.41, 5.74) is 0.473. The second kappa shape index (κ2) is 8.20. The van der Waals surface area contributed by atoms with Gasteiger partial charge in [-0.1, -0.05) is 6.92 Å². The first-order chi connectivity index (χ1) is 5.31. The fourth-order valence-corrected chi connectivity index (χ4v) is 0.804. The predicted octanol–water partition coefficient (Wildman–Crippen LogP) is -0.275. The molecule has 0 spiro atoms. The van der Waals surface area contributed by atoms with Gasteiger partial charge in [0.2, 0.25) is 0 Å². The zero-order valence-corrected chi connectivity index (χ0v) is 9.63. The lowest BCUT2D eigenvalue weighted by Gasteiger charge is -2.09. The first-order valence-electron chi connectivity index (χ1n) is 3.99. The van der Waals surface area contributed by atoms with Gasteiger partial charge >= 0.3 is 0 Å². The van der Waals surface area contributed by atoms with Crippen LogP contribution in [0.25, 0.3) is 0 Å². The van der Waals surface area contributed by atoms with Gasteiger partial charge in [0, 0.05) is 23.1 Å². The van der Waals surface area contributed by atoms with Crippen LogP contribution in [0.4, 0.5) is 0 Å². The highest BCUT2D eigenvalue weighted by Crippen LogP contribution is 1.90. The molecule has 0 bridgehead atoms. The molecule has 11 heavy (non-hydrogen) atoms. The Kier molecular flexibility index (Phi) is 8.27. The molecule has 0 aromatic rings. The zero-order valence-electron chi connectivity index (χ0n) is 7.63. The van der Waals surface area contributed by atoms with Crippen molar-refractivity contribution in [1.29, 1.82) is 0 Å². The monoisotopic (exact) mass is 178 g/mol. The molecule has 0 aliphatic rings. The number of hydrogen-bond donors (Lipinski definition) is 0. The summed E-state index contributed by atoms with van der Waals surface area (Å²) in [6.07, 6.45) is 1.11. The second-order valence-electron chi connectivity index (χ2n) is 2.40. The molecule has 0 aromatic heterocycles. The van der Waals surface area contributed by atoms with Crippen molar-refractivity contribution in [3.8, 4) is 0 Å². The van der Waals surface area contributed by atoms with E-state index >= 15 is 0 Å². The molecular weight excluding hydrogens is 160 g/mol. The Morgan fingerprint density at radius 1 is 1.36 bits per heavy atom. The first kappa shape index (κ1) is 11.1. The number of rotatable bonds is 7. The maximum absolute atomic E-state index is 5.42. The van der Waals surface area contributed by atoms with Gasteiger partial charge < -0.3 is 14.2 Å². The fourth-order valence-electron chi connectivity index (χ4n) is 0.568. The maximum Gasteiger partial charge on any atom is 0.146 e. The molecule has 0 N–H and O–H groups in total. The van der Waals surface area contributed by atoms with Crippen LogP contribution in [0.15, 0.2) is 0 Å². The normalized spacial score (nSPS) is 13.6. The second-order valence-corrected chi connectivity index (χ2v) is 3.69. The third-order valence-corrected chi connectivity index (χ3v) is 2.56. The molecule has 68 valence electrons. The summed E-state index contributed by atoms with van der Waals surface area (Å²) in [4.78, 5) is 0. The van der Waals surface area contributed by atoms with E-state index in [9.17, 15) is 0 Å². The molecule has 0 saturated carbocycles. The third kappa shape index (κ3) is 8.00. The van der Waals surface area contributed by atoms with Gasteiger partial charge in [0.25, 0.3) is 0 Å². The summed E-state index contributed by atoms with van der Waals surface area (Å²) < 4.78 is 15.2. The van der Waals surface area contributed by atoms with Crippen LogP contribution in [-0.4, -0.2) is 43.1 Å². The first-order valence-corrected chi connectivity index (χ1v) is 5.15. The van der Waals surface area contributed by atoms with E-state index in [1.165, 1.54) is 0 Å². The van der Waals surface area contributed by atoms with E-state index in [4.69, 9.17) is 14.2 Å². The van der Waals surface area contributed by atoms with E-state index in [-0.39, 0.29) is 0 Å². The van der Waals surface area contributed by atoms with Crippen molar-refractivity contribution >= 4 is 10.2 Å². The van der Waals surface area contributed by atoms with Crippen molar-refractivity contribution in [2.45, 2.75) is 19.1 Å². The summed E-state index contributed by atoms with van der Waals surface area (Å²) in [5, 5.41) is 0. The van der Waals surface area contributed by atoms with Crippen LogP contribution in [0.1, 0.15) is 13.3 Å². The minimum absolute atomic E-state index is 0.362. The van der Waals surface area contributed by atoms with E-state index < -0.39 is 0 Å². The number of hydrogen-bond acceptors (Lipinski definition) is 3. The van der Waals surface area contributed by atoms with Crippen LogP contribution < -0.4 is 0 Å². The number of ether oxygens (including phenoxy) is 3. The van der Waals surface area contributed by atoms with Gasteiger partial charge in [-0.2, -0.15) is 0 Å². The molecular formula is C7H18O3Si. The zero-order chi connectivity index (χ0) is 8.53. The minimum Gasteiger partial charge on any atom is -0.380 e. The molecule has 0 radical (unpaired) electrons.